The predicted octanol–water partition coefficient (Wildman–Crippen LogP) is 1.48. The van der Waals surface area contributed by atoms with Gasteiger partial charge in [-0.1, -0.05) is 17.7 Å². The molecule has 1 aliphatic rings. The Morgan fingerprint density at radius 3 is 2.62 bits per heavy atom. The maximum absolute atomic E-state index is 13.0. The number of benzene rings is 1. The van der Waals surface area contributed by atoms with Crippen molar-refractivity contribution in [2.24, 2.45) is 11.7 Å². The number of nitrogens with one attached hydrogen (secondary N) is 1. The van der Waals surface area contributed by atoms with Crippen molar-refractivity contribution in [3.05, 3.63) is 34.6 Å². The predicted molar refractivity (Wildman–Crippen MR) is 80.5 cm³/mol. The molecule has 0 atom stereocenters. The summed E-state index contributed by atoms with van der Waals surface area (Å²) in [6, 6.07) is 4.14. The van der Waals surface area contributed by atoms with Crippen molar-refractivity contribution in [1.82, 2.24) is 9.03 Å². The first kappa shape index (κ1) is 16.6. The molecule has 0 unspecified atom stereocenters. The molecule has 0 aliphatic carbocycles. The number of nitrogens with two attached hydrogens (primary N) is 1. The molecule has 1 saturated heterocycles. The summed E-state index contributed by atoms with van der Waals surface area (Å²) in [4.78, 5) is 0. The monoisotopic (exact) mass is 335 g/mol. The Labute approximate surface area is 129 Å². The SMILES string of the molecule is NCC1CCN(S(=O)(=O)NCc2ccc(F)c(Cl)c2)CC1. The van der Waals surface area contributed by atoms with E-state index in [2.05, 4.69) is 4.72 Å². The molecule has 0 spiro atoms. The molecular formula is C13H19ClFN3O2S. The minimum Gasteiger partial charge on any atom is -0.330 e. The van der Waals surface area contributed by atoms with Crippen LogP contribution in [0.25, 0.3) is 0 Å². The summed E-state index contributed by atoms with van der Waals surface area (Å²) in [7, 11) is -3.53. The molecule has 1 fully saturated rings. The Bertz CT molecular complexity index is 589. The first-order valence-corrected chi connectivity index (χ1v) is 8.63. The van der Waals surface area contributed by atoms with Crippen LogP contribution in [0.3, 0.4) is 0 Å². The fourth-order valence-corrected chi connectivity index (χ4v) is 3.73. The lowest BCUT2D eigenvalue weighted by molar-refractivity contribution is 0.275. The van der Waals surface area contributed by atoms with Crippen LogP contribution >= 0.6 is 11.6 Å². The molecule has 21 heavy (non-hydrogen) atoms. The summed E-state index contributed by atoms with van der Waals surface area (Å²) in [6.45, 7) is 1.62. The first-order valence-electron chi connectivity index (χ1n) is 6.81. The van der Waals surface area contributed by atoms with Gasteiger partial charge >= 0.3 is 0 Å². The van der Waals surface area contributed by atoms with Crippen molar-refractivity contribution >= 4 is 21.8 Å². The third-order valence-corrected chi connectivity index (χ3v) is 5.53. The molecule has 0 bridgehead atoms. The molecule has 0 amide bonds. The second-order valence-electron chi connectivity index (χ2n) is 5.15. The van der Waals surface area contributed by atoms with Crippen LogP contribution in [-0.2, 0) is 16.8 Å². The van der Waals surface area contributed by atoms with Gasteiger partial charge in [0.15, 0.2) is 0 Å². The molecule has 1 aromatic carbocycles. The van der Waals surface area contributed by atoms with Gasteiger partial charge in [-0.15, -0.1) is 0 Å². The quantitative estimate of drug-likeness (QED) is 0.856. The molecule has 3 N–H and O–H groups in total. The molecule has 1 aliphatic heterocycles. The van der Waals surface area contributed by atoms with Crippen LogP contribution in [0.1, 0.15) is 18.4 Å². The summed E-state index contributed by atoms with van der Waals surface area (Å²) < 4.78 is 41.3. The van der Waals surface area contributed by atoms with E-state index in [0.717, 1.165) is 12.8 Å². The molecule has 0 radical (unpaired) electrons. The number of rotatable bonds is 5. The third-order valence-electron chi connectivity index (χ3n) is 3.69. The molecular weight excluding hydrogens is 317 g/mol. The fourth-order valence-electron chi connectivity index (χ4n) is 2.30. The third kappa shape index (κ3) is 4.37. The van der Waals surface area contributed by atoms with Gasteiger partial charge in [0.05, 0.1) is 5.02 Å². The number of hydrogen-bond donors (Lipinski definition) is 2. The van der Waals surface area contributed by atoms with Crippen LogP contribution in [0.4, 0.5) is 4.39 Å². The van der Waals surface area contributed by atoms with Crippen molar-refractivity contribution < 1.29 is 12.8 Å². The Hall–Kier alpha value is -0.730. The molecule has 118 valence electrons. The zero-order chi connectivity index (χ0) is 15.5. The number of halogens is 2. The van der Waals surface area contributed by atoms with Gasteiger partial charge in [-0.25, -0.2) is 4.39 Å². The van der Waals surface area contributed by atoms with Crippen LogP contribution in [0.5, 0.6) is 0 Å². The molecule has 0 aromatic heterocycles. The highest BCUT2D eigenvalue weighted by Gasteiger charge is 2.27. The molecule has 1 heterocycles. The van der Waals surface area contributed by atoms with Crippen LogP contribution in [-0.4, -0.2) is 32.4 Å². The van der Waals surface area contributed by atoms with Gasteiger partial charge in [-0.05, 0) is 43.0 Å². The standard InChI is InChI=1S/C13H19ClFN3O2S/c14-12-7-11(1-2-13(12)15)9-17-21(19,20)18-5-3-10(8-16)4-6-18/h1-2,7,10,17H,3-6,8-9,16H2. The van der Waals surface area contributed by atoms with Crippen molar-refractivity contribution in [2.75, 3.05) is 19.6 Å². The minimum absolute atomic E-state index is 0.0181. The topological polar surface area (TPSA) is 75.4 Å². The van der Waals surface area contributed by atoms with Crippen LogP contribution < -0.4 is 10.5 Å². The molecule has 2 rings (SSSR count). The Balaban J connectivity index is 1.93. The highest BCUT2D eigenvalue weighted by atomic mass is 35.5. The minimum atomic E-state index is -3.53. The van der Waals surface area contributed by atoms with E-state index in [1.807, 2.05) is 0 Å². The lowest BCUT2D eigenvalue weighted by atomic mass is 9.99. The van der Waals surface area contributed by atoms with Crippen molar-refractivity contribution in [1.29, 1.82) is 0 Å². The number of piperidine rings is 1. The molecule has 5 nitrogen and oxygen atoms in total. The summed E-state index contributed by atoms with van der Waals surface area (Å²) >= 11 is 5.67. The van der Waals surface area contributed by atoms with Crippen molar-refractivity contribution in [3.63, 3.8) is 0 Å². The normalized spacial score (nSPS) is 18.0. The van der Waals surface area contributed by atoms with E-state index in [4.69, 9.17) is 17.3 Å². The van der Waals surface area contributed by atoms with Gasteiger partial charge in [-0.2, -0.15) is 17.4 Å². The lowest BCUT2D eigenvalue weighted by Gasteiger charge is -2.30. The summed E-state index contributed by atoms with van der Waals surface area (Å²) in [5, 5.41) is -0.0181. The van der Waals surface area contributed by atoms with E-state index in [-0.39, 0.29) is 11.6 Å². The van der Waals surface area contributed by atoms with Crippen molar-refractivity contribution in [3.8, 4) is 0 Å². The molecule has 0 saturated carbocycles. The van der Waals surface area contributed by atoms with E-state index >= 15 is 0 Å². The second kappa shape index (κ2) is 7.02. The summed E-state index contributed by atoms with van der Waals surface area (Å²) in [6.07, 6.45) is 1.56. The van der Waals surface area contributed by atoms with E-state index in [0.29, 0.717) is 31.1 Å². The molecule has 1 aromatic rings. The van der Waals surface area contributed by atoms with Crippen LogP contribution in [0.2, 0.25) is 5.02 Å². The Morgan fingerprint density at radius 1 is 1.38 bits per heavy atom. The number of nitrogens with zero attached hydrogens (tertiary/aromatic N) is 1. The zero-order valence-electron chi connectivity index (χ0n) is 11.6. The maximum Gasteiger partial charge on any atom is 0.279 e. The summed E-state index contributed by atoms with van der Waals surface area (Å²) in [5.74, 6) is -0.125. The molecule has 8 heteroatoms. The smallest absolute Gasteiger partial charge is 0.279 e. The van der Waals surface area contributed by atoms with E-state index in [1.165, 1.54) is 22.5 Å². The first-order chi connectivity index (χ1) is 9.92. The zero-order valence-corrected chi connectivity index (χ0v) is 13.1. The summed E-state index contributed by atoms with van der Waals surface area (Å²) in [5.41, 5.74) is 6.20. The van der Waals surface area contributed by atoms with Crippen molar-refractivity contribution in [2.45, 2.75) is 19.4 Å². The average Bonchev–Trinajstić information content (AvgIpc) is 2.48. The van der Waals surface area contributed by atoms with Crippen LogP contribution in [0.15, 0.2) is 18.2 Å². The highest BCUT2D eigenvalue weighted by Crippen LogP contribution is 2.19. The number of hydrogen-bond acceptors (Lipinski definition) is 3. The lowest BCUT2D eigenvalue weighted by Crippen LogP contribution is -2.45. The maximum atomic E-state index is 13.0. The Morgan fingerprint density at radius 2 is 2.05 bits per heavy atom. The van der Waals surface area contributed by atoms with Crippen LogP contribution in [0, 0.1) is 11.7 Å². The fraction of sp³-hybridized carbons (Fsp3) is 0.538. The van der Waals surface area contributed by atoms with Gasteiger partial charge in [0.1, 0.15) is 5.82 Å². The van der Waals surface area contributed by atoms with E-state index in [9.17, 15) is 12.8 Å². The van der Waals surface area contributed by atoms with E-state index in [1.54, 1.807) is 0 Å². The largest absolute Gasteiger partial charge is 0.330 e. The van der Waals surface area contributed by atoms with Gasteiger partial charge in [-0.3, -0.25) is 0 Å². The highest BCUT2D eigenvalue weighted by molar-refractivity contribution is 7.87. The van der Waals surface area contributed by atoms with E-state index < -0.39 is 16.0 Å². The second-order valence-corrected chi connectivity index (χ2v) is 7.32. The van der Waals surface area contributed by atoms with Gasteiger partial charge < -0.3 is 5.73 Å². The Kier molecular flexibility index (Phi) is 5.56. The van der Waals surface area contributed by atoms with Gasteiger partial charge in [0.25, 0.3) is 10.2 Å². The average molecular weight is 336 g/mol. The van der Waals surface area contributed by atoms with Gasteiger partial charge in [0.2, 0.25) is 0 Å². The van der Waals surface area contributed by atoms with Gasteiger partial charge in [0, 0.05) is 19.6 Å².